The van der Waals surface area contributed by atoms with Crippen molar-refractivity contribution in [2.75, 3.05) is 106 Å². The predicted molar refractivity (Wildman–Crippen MR) is 575 cm³/mol. The first-order valence-corrected chi connectivity index (χ1v) is 49.2. The number of carbonyl (C=O) groups is 12. The topological polar surface area (TPSA) is 451 Å². The fraction of sp³-hybridized carbons (Fsp3) is 0.346. The number of benzene rings is 5. The zero-order chi connectivity index (χ0) is 107. The number of aromatic amines is 1. The van der Waals surface area contributed by atoms with Gasteiger partial charge < -0.3 is 75.2 Å². The molecule has 143 heavy (non-hydrogen) atoms. The number of aryl methyl sites for hydroxylation is 5. The van der Waals surface area contributed by atoms with Gasteiger partial charge in [0.25, 0.3) is 0 Å². The molecule has 39 heteroatoms. The van der Waals surface area contributed by atoms with Crippen LogP contribution in [0.1, 0.15) is 251 Å². The number of para-hydroxylation sites is 1. The highest BCUT2D eigenvalue weighted by Gasteiger charge is 2.32. The maximum absolute atomic E-state index is 12.3. The van der Waals surface area contributed by atoms with Gasteiger partial charge in [0.1, 0.15) is 30.7 Å². The number of nitrogens with zero attached hydrogens (tertiary/aromatic N) is 3. The highest BCUT2D eigenvalue weighted by atomic mass is 32.1. The first-order chi connectivity index (χ1) is 67.0. The summed E-state index contributed by atoms with van der Waals surface area (Å²) in [6.07, 6.45) is 0.757. The standard InChI is InChI=1S/C19H25N3O3.C18H23N3O3.C18H22N2O3S.2C17H20N2O3S.C15H20N4O3S2/c1-12-7-9-13(10-8-12)20-18(24)21-14-11-15(19(2,3)4)22(5)16(14)17(23)25-6;1-11-6-8-12(9-7-11)19-17(23)20-13-10-14(18(2,3)4)21-15(13)16(22)24-5;1-11-6-8-12(9-7-11)19-17(22)20-15-13(16(21)23-5)10-14(24-15)18(2,3)4;1-10(2)14-9-13(16(20)22-4)15(23-14)19-17(21)18-12-7-5-11(3)6-8-12;1-17(2,3)13-10-12(15(20)22-4)14(23-13)19-16(21)18-11-8-6-5-7-9-11;1-6-10-18-19-14(24-10)17-13(21)16-11-8(12(20)22-5)7-9(23-11)15(2,3)4/h7-11H,1-6H3,(H2,20,21,24);6-10,21H,1-5H3,(H2,19,20,23);6-10H,1-5H3,(H2,19,20,22);2*5-10H,1-4H3,(H2,18,19,21);7H,6H2,1-5H3,(H2,16,17,19,21). The minimum Gasteiger partial charge on any atom is -0.465 e. The summed E-state index contributed by atoms with van der Waals surface area (Å²) in [4.78, 5) is 152. The number of rotatable bonds is 20. The van der Waals surface area contributed by atoms with Crippen molar-refractivity contribution in [1.29, 1.82) is 0 Å². The largest absolute Gasteiger partial charge is 0.465 e. The molecule has 0 saturated carbocycles. The summed E-state index contributed by atoms with van der Waals surface area (Å²) in [5, 5.41) is 43.7. The van der Waals surface area contributed by atoms with Crippen LogP contribution >= 0.6 is 56.7 Å². The molecule has 7 aromatic heterocycles. The number of nitrogens with one attached hydrogen (secondary N) is 13. The lowest BCUT2D eigenvalue weighted by molar-refractivity contribution is 0.0583. The zero-order valence-electron chi connectivity index (χ0n) is 86.1. The van der Waals surface area contributed by atoms with E-state index in [4.69, 9.17) is 28.4 Å². The maximum atomic E-state index is 12.3. The number of H-pyrrole nitrogens is 1. The molecule has 0 spiro atoms. The Kier molecular flexibility index (Phi) is 41.8. The van der Waals surface area contributed by atoms with E-state index in [-0.39, 0.29) is 38.7 Å². The molecule has 0 aliphatic rings. The molecular weight excluding hydrogens is 1920 g/mol. The van der Waals surface area contributed by atoms with Crippen molar-refractivity contribution in [2.24, 2.45) is 7.05 Å². The Labute approximate surface area is 854 Å². The molecule has 7 heterocycles. The van der Waals surface area contributed by atoms with Crippen LogP contribution in [-0.4, -0.2) is 134 Å². The quantitative estimate of drug-likeness (QED) is 0.0249. The average molecular weight is 2050 g/mol. The Hall–Kier alpha value is -14.5. The van der Waals surface area contributed by atoms with Gasteiger partial charge in [-0.1, -0.05) is 225 Å². The number of hydrogen-bond donors (Lipinski definition) is 13. The van der Waals surface area contributed by atoms with Crippen molar-refractivity contribution in [1.82, 2.24) is 19.7 Å². The van der Waals surface area contributed by atoms with Crippen LogP contribution < -0.4 is 63.8 Å². The number of esters is 6. The fourth-order valence-electron chi connectivity index (χ4n) is 12.5. The van der Waals surface area contributed by atoms with Crippen LogP contribution in [-0.2, 0) is 69.0 Å². The molecular formula is C104H130N16O18S5. The molecule has 0 unspecified atom stereocenters. The van der Waals surface area contributed by atoms with Crippen LogP contribution in [0.4, 0.5) is 93.7 Å². The predicted octanol–water partition coefficient (Wildman–Crippen LogP) is 25.9. The van der Waals surface area contributed by atoms with Gasteiger partial charge in [-0.15, -0.1) is 55.5 Å². The number of thiophene rings is 4. The van der Waals surface area contributed by atoms with Crippen LogP contribution in [0.25, 0.3) is 0 Å². The van der Waals surface area contributed by atoms with Crippen LogP contribution in [0.5, 0.6) is 0 Å². The Bertz CT molecular complexity index is 6280. The third kappa shape index (κ3) is 35.3. The third-order valence-corrected chi connectivity index (χ3v) is 27.2. The fourth-order valence-corrected chi connectivity index (χ4v) is 17.5. The van der Waals surface area contributed by atoms with E-state index in [9.17, 15) is 57.5 Å². The van der Waals surface area contributed by atoms with Gasteiger partial charge in [-0.05, 0) is 153 Å². The Balaban J connectivity index is 0.000000233. The van der Waals surface area contributed by atoms with E-state index in [1.807, 2.05) is 247 Å². The van der Waals surface area contributed by atoms with E-state index in [0.29, 0.717) is 92.9 Å². The molecule has 0 saturated heterocycles. The Morgan fingerprint density at radius 2 is 0.643 bits per heavy atom. The average Bonchev–Trinajstić information content (AvgIpc) is 1.63. The molecule has 12 amide bonds. The second-order valence-electron chi connectivity index (χ2n) is 37.8. The summed E-state index contributed by atoms with van der Waals surface area (Å²) in [5.41, 5.74) is 11.6. The summed E-state index contributed by atoms with van der Waals surface area (Å²) >= 11 is 6.80. The van der Waals surface area contributed by atoms with Gasteiger partial charge in [-0.3, -0.25) is 26.6 Å². The molecule has 0 fully saturated rings. The van der Waals surface area contributed by atoms with Crippen molar-refractivity contribution < 1.29 is 86.0 Å². The molecule has 764 valence electrons. The van der Waals surface area contributed by atoms with E-state index in [1.54, 1.807) is 60.1 Å². The van der Waals surface area contributed by atoms with Crippen molar-refractivity contribution in [2.45, 2.75) is 192 Å². The Morgan fingerprint density at radius 3 is 0.944 bits per heavy atom. The van der Waals surface area contributed by atoms with Gasteiger partial charge in [0, 0.05) is 77.2 Å². The number of aromatic nitrogens is 4. The highest BCUT2D eigenvalue weighted by Crippen LogP contribution is 2.42. The summed E-state index contributed by atoms with van der Waals surface area (Å²) < 4.78 is 30.6. The van der Waals surface area contributed by atoms with Crippen molar-refractivity contribution >= 4 is 194 Å². The van der Waals surface area contributed by atoms with Gasteiger partial charge >= 0.3 is 72.0 Å². The summed E-state index contributed by atoms with van der Waals surface area (Å²) in [5.74, 6) is -2.64. The lowest BCUT2D eigenvalue weighted by Crippen LogP contribution is -2.21. The van der Waals surface area contributed by atoms with E-state index < -0.39 is 72.0 Å². The molecule has 13 N–H and O–H groups in total. The summed E-state index contributed by atoms with van der Waals surface area (Å²) in [6.45, 7) is 44.5. The minimum atomic E-state index is -0.531. The SMILES string of the molecule is CCc1nnc(NC(=O)Nc2sc(C(C)(C)C)cc2C(=O)OC)s1.COC(=O)c1[nH]c(C(C)(C)C)cc1NC(=O)Nc1ccc(C)cc1.COC(=O)c1c(NC(=O)Nc2ccc(C)cc2)cc(C(C)(C)C)n1C.COC(=O)c1cc(C(C)(C)C)sc1NC(=O)Nc1ccc(C)cc1.COC(=O)c1cc(C(C)(C)C)sc1NC(=O)Nc1ccccc1.COC(=O)c1cc(C(C)C)sc1NC(=O)Nc1ccc(C)cc1. The van der Waals surface area contributed by atoms with Gasteiger partial charge in [0.05, 0.1) is 76.3 Å². The molecule has 12 rings (SSSR count). The molecule has 12 aromatic rings. The molecule has 0 atom stereocenters. The maximum Gasteiger partial charge on any atom is 0.356 e. The minimum absolute atomic E-state index is 0.122. The van der Waals surface area contributed by atoms with Crippen LogP contribution in [0.2, 0.25) is 0 Å². The molecule has 0 aliphatic carbocycles. The first kappa shape index (κ1) is 115. The number of hydrogen-bond acceptors (Lipinski definition) is 25. The highest BCUT2D eigenvalue weighted by molar-refractivity contribution is 7.18. The van der Waals surface area contributed by atoms with E-state index in [0.717, 1.165) is 64.6 Å². The van der Waals surface area contributed by atoms with Crippen molar-refractivity contribution in [3.8, 4) is 0 Å². The molecule has 0 aliphatic heterocycles. The number of amides is 12. The van der Waals surface area contributed by atoms with Gasteiger partial charge in [0.2, 0.25) is 5.13 Å². The normalized spacial score (nSPS) is 11.0. The van der Waals surface area contributed by atoms with Crippen molar-refractivity contribution in [3.63, 3.8) is 0 Å². The van der Waals surface area contributed by atoms with Crippen LogP contribution in [0.3, 0.4) is 0 Å². The smallest absolute Gasteiger partial charge is 0.356 e. The monoisotopic (exact) mass is 2050 g/mol. The molecule has 34 nitrogen and oxygen atoms in total. The summed E-state index contributed by atoms with van der Waals surface area (Å²) in [7, 11) is 9.70. The van der Waals surface area contributed by atoms with E-state index in [1.165, 1.54) is 99.3 Å². The summed E-state index contributed by atoms with van der Waals surface area (Å²) in [6, 6.07) is 47.1. The second kappa shape index (κ2) is 51.8. The number of urea groups is 6. The Morgan fingerprint density at radius 1 is 0.336 bits per heavy atom. The molecule has 0 radical (unpaired) electrons. The number of anilines is 12. The molecule has 0 bridgehead atoms. The number of methoxy groups -OCH3 is 6. The van der Waals surface area contributed by atoms with Gasteiger partial charge in [-0.2, -0.15) is 0 Å². The third-order valence-electron chi connectivity index (χ3n) is 20.4. The lowest BCUT2D eigenvalue weighted by atomic mass is 9.92. The lowest BCUT2D eigenvalue weighted by Gasteiger charge is -2.19. The van der Waals surface area contributed by atoms with Crippen LogP contribution in [0.15, 0.2) is 164 Å². The second-order valence-corrected chi connectivity index (χ2v) is 43.1. The molecule has 5 aromatic carbocycles. The first-order valence-electron chi connectivity index (χ1n) is 45.1. The van der Waals surface area contributed by atoms with E-state index in [2.05, 4.69) is 99.8 Å². The van der Waals surface area contributed by atoms with Crippen LogP contribution in [0, 0.1) is 27.7 Å². The van der Waals surface area contributed by atoms with Gasteiger partial charge in [-0.25, -0.2) is 57.5 Å². The zero-order valence-corrected chi connectivity index (χ0v) is 90.2. The van der Waals surface area contributed by atoms with Crippen molar-refractivity contribution in [3.05, 3.63) is 256 Å². The number of ether oxygens (including phenoxy) is 6. The van der Waals surface area contributed by atoms with Gasteiger partial charge in [0.15, 0.2) is 5.69 Å². The van der Waals surface area contributed by atoms with E-state index >= 15 is 0 Å². The number of carbonyl (C=O) groups excluding carboxylic acids is 12.